The number of benzene rings is 1. The van der Waals surface area contributed by atoms with Crippen LogP contribution in [0.1, 0.15) is 16.1 Å². The first-order valence-corrected chi connectivity index (χ1v) is 9.36. The van der Waals surface area contributed by atoms with Gasteiger partial charge in [0.2, 0.25) is 10.0 Å². The number of ketones is 1. The van der Waals surface area contributed by atoms with Crippen LogP contribution in [-0.2, 0) is 10.0 Å². The predicted molar refractivity (Wildman–Crippen MR) is 91.5 cm³/mol. The van der Waals surface area contributed by atoms with Crippen molar-refractivity contribution in [2.75, 3.05) is 32.7 Å². The van der Waals surface area contributed by atoms with E-state index in [9.17, 15) is 13.2 Å². The van der Waals surface area contributed by atoms with Gasteiger partial charge in [0.25, 0.3) is 0 Å². The van der Waals surface area contributed by atoms with Crippen molar-refractivity contribution >= 4 is 15.8 Å². The molecule has 0 aliphatic carbocycles. The fraction of sp³-hybridized carbons (Fsp3) is 0.353. The van der Waals surface area contributed by atoms with Gasteiger partial charge in [-0.15, -0.1) is 0 Å². The average Bonchev–Trinajstić information content (AvgIpc) is 3.10. The Morgan fingerprint density at radius 2 is 1.88 bits per heavy atom. The molecular formula is C17H21N3O3S. The molecule has 7 heteroatoms. The van der Waals surface area contributed by atoms with Gasteiger partial charge in [-0.1, -0.05) is 12.1 Å². The molecule has 1 saturated heterocycles. The van der Waals surface area contributed by atoms with Gasteiger partial charge in [-0.3, -0.25) is 9.69 Å². The van der Waals surface area contributed by atoms with Crippen molar-refractivity contribution in [3.63, 3.8) is 0 Å². The molecule has 0 amide bonds. The second-order valence-corrected chi connectivity index (χ2v) is 7.94. The Balaban J connectivity index is 1.61. The predicted octanol–water partition coefficient (Wildman–Crippen LogP) is 1.51. The molecule has 1 aromatic heterocycles. The largest absolute Gasteiger partial charge is 0.359 e. The molecular weight excluding hydrogens is 326 g/mol. The third-order valence-electron chi connectivity index (χ3n) is 4.22. The lowest BCUT2D eigenvalue weighted by Gasteiger charge is -2.33. The topological polar surface area (TPSA) is 73.5 Å². The van der Waals surface area contributed by atoms with Crippen LogP contribution < -0.4 is 0 Å². The summed E-state index contributed by atoms with van der Waals surface area (Å²) in [7, 11) is -3.46. The number of aromatic nitrogens is 1. The van der Waals surface area contributed by atoms with Crippen molar-refractivity contribution in [3.05, 3.63) is 53.9 Å². The molecule has 6 nitrogen and oxygen atoms in total. The molecule has 3 rings (SSSR count). The SMILES string of the molecule is Cc1cccc(S(=O)(=O)N2CCN(CC(=O)c3ccc[nH]3)CC2)c1. The first-order valence-electron chi connectivity index (χ1n) is 7.92. The van der Waals surface area contributed by atoms with Crippen LogP contribution in [0.3, 0.4) is 0 Å². The average molecular weight is 347 g/mol. The van der Waals surface area contributed by atoms with Crippen LogP contribution in [0, 0.1) is 6.92 Å². The third kappa shape index (κ3) is 3.58. The molecule has 1 fully saturated rings. The van der Waals surface area contributed by atoms with E-state index in [0.29, 0.717) is 43.3 Å². The van der Waals surface area contributed by atoms with Gasteiger partial charge < -0.3 is 4.98 Å². The minimum absolute atomic E-state index is 0.0231. The molecule has 24 heavy (non-hydrogen) atoms. The number of carbonyl (C=O) groups excluding carboxylic acids is 1. The zero-order valence-electron chi connectivity index (χ0n) is 13.6. The number of aryl methyl sites for hydroxylation is 1. The van der Waals surface area contributed by atoms with Crippen molar-refractivity contribution in [1.29, 1.82) is 0 Å². The zero-order chi connectivity index (χ0) is 17.2. The first kappa shape index (κ1) is 16.9. The van der Waals surface area contributed by atoms with Gasteiger partial charge >= 0.3 is 0 Å². The highest BCUT2D eigenvalue weighted by Gasteiger charge is 2.29. The summed E-state index contributed by atoms with van der Waals surface area (Å²) in [6, 6.07) is 10.5. The molecule has 1 aliphatic heterocycles. The van der Waals surface area contributed by atoms with Crippen molar-refractivity contribution in [3.8, 4) is 0 Å². The van der Waals surface area contributed by atoms with Crippen LogP contribution in [0.2, 0.25) is 0 Å². The lowest BCUT2D eigenvalue weighted by atomic mass is 10.2. The zero-order valence-corrected chi connectivity index (χ0v) is 14.4. The number of piperazine rings is 1. The van der Waals surface area contributed by atoms with Crippen molar-refractivity contribution < 1.29 is 13.2 Å². The van der Waals surface area contributed by atoms with Crippen LogP contribution in [0.4, 0.5) is 0 Å². The third-order valence-corrected chi connectivity index (χ3v) is 6.12. The van der Waals surface area contributed by atoms with Crippen molar-refractivity contribution in [2.24, 2.45) is 0 Å². The van der Waals surface area contributed by atoms with E-state index in [1.54, 1.807) is 36.5 Å². The number of hydrogen-bond donors (Lipinski definition) is 1. The summed E-state index contributed by atoms with van der Waals surface area (Å²) in [6.45, 7) is 4.08. The Hall–Kier alpha value is -1.96. The van der Waals surface area contributed by atoms with Gasteiger partial charge in [0, 0.05) is 32.4 Å². The molecule has 0 spiro atoms. The van der Waals surface area contributed by atoms with E-state index in [1.165, 1.54) is 4.31 Å². The summed E-state index contributed by atoms with van der Waals surface area (Å²) in [5.41, 5.74) is 1.51. The molecule has 1 aliphatic rings. The van der Waals surface area contributed by atoms with Crippen molar-refractivity contribution in [1.82, 2.24) is 14.2 Å². The Morgan fingerprint density at radius 1 is 1.12 bits per heavy atom. The lowest BCUT2D eigenvalue weighted by molar-refractivity contribution is 0.0897. The first-order chi connectivity index (χ1) is 11.5. The Morgan fingerprint density at radius 3 is 2.50 bits per heavy atom. The van der Waals surface area contributed by atoms with Crippen LogP contribution in [0.15, 0.2) is 47.5 Å². The van der Waals surface area contributed by atoms with E-state index >= 15 is 0 Å². The van der Waals surface area contributed by atoms with E-state index in [2.05, 4.69) is 4.98 Å². The smallest absolute Gasteiger partial charge is 0.243 e. The number of sulfonamides is 1. The Bertz CT molecular complexity index is 807. The van der Waals surface area contributed by atoms with E-state index < -0.39 is 10.0 Å². The highest BCUT2D eigenvalue weighted by molar-refractivity contribution is 7.89. The number of H-pyrrole nitrogens is 1. The van der Waals surface area contributed by atoms with Crippen molar-refractivity contribution in [2.45, 2.75) is 11.8 Å². The summed E-state index contributed by atoms with van der Waals surface area (Å²) in [5.74, 6) is 0.0231. The van der Waals surface area contributed by atoms with Crippen LogP contribution in [0.25, 0.3) is 0 Å². The summed E-state index contributed by atoms with van der Waals surface area (Å²) < 4.78 is 26.9. The summed E-state index contributed by atoms with van der Waals surface area (Å²) >= 11 is 0. The molecule has 0 atom stereocenters. The van der Waals surface area contributed by atoms with Crippen LogP contribution in [-0.4, -0.2) is 61.1 Å². The molecule has 128 valence electrons. The Labute approximate surface area is 142 Å². The number of rotatable bonds is 5. The van der Waals surface area contributed by atoms with Gasteiger partial charge in [-0.05, 0) is 36.8 Å². The van der Waals surface area contributed by atoms with Crippen LogP contribution >= 0.6 is 0 Å². The maximum Gasteiger partial charge on any atom is 0.243 e. The minimum atomic E-state index is -3.46. The second-order valence-electron chi connectivity index (χ2n) is 6.00. The quantitative estimate of drug-likeness (QED) is 0.832. The molecule has 0 unspecified atom stereocenters. The molecule has 2 heterocycles. The van der Waals surface area contributed by atoms with Gasteiger partial charge in [-0.25, -0.2) is 8.42 Å². The fourth-order valence-electron chi connectivity index (χ4n) is 2.84. The normalized spacial score (nSPS) is 17.0. The van der Waals surface area contributed by atoms with E-state index in [4.69, 9.17) is 0 Å². The standard InChI is InChI=1S/C17H21N3O3S/c1-14-4-2-5-15(12-14)24(22,23)20-10-8-19(9-11-20)13-17(21)16-6-3-7-18-16/h2-7,12,18H,8-11,13H2,1H3. The molecule has 0 saturated carbocycles. The Kier molecular flexibility index (Phi) is 4.84. The number of nitrogens with one attached hydrogen (secondary N) is 1. The number of nitrogens with zero attached hydrogens (tertiary/aromatic N) is 2. The molecule has 1 aromatic carbocycles. The number of aromatic amines is 1. The van der Waals surface area contributed by atoms with E-state index in [1.807, 2.05) is 17.9 Å². The number of carbonyl (C=O) groups is 1. The number of hydrogen-bond acceptors (Lipinski definition) is 4. The maximum absolute atomic E-state index is 12.7. The fourth-order valence-corrected chi connectivity index (χ4v) is 4.37. The molecule has 2 aromatic rings. The van der Waals surface area contributed by atoms with E-state index in [0.717, 1.165) is 5.56 Å². The van der Waals surface area contributed by atoms with E-state index in [-0.39, 0.29) is 5.78 Å². The number of Topliss-reactive ketones (excluding diaryl/α,β-unsaturated/α-hetero) is 1. The highest BCUT2D eigenvalue weighted by atomic mass is 32.2. The highest BCUT2D eigenvalue weighted by Crippen LogP contribution is 2.18. The molecule has 0 bridgehead atoms. The minimum Gasteiger partial charge on any atom is -0.359 e. The summed E-state index contributed by atoms with van der Waals surface area (Å²) in [5, 5.41) is 0. The summed E-state index contributed by atoms with van der Waals surface area (Å²) in [4.78, 5) is 17.3. The molecule has 1 N–H and O–H groups in total. The van der Waals surface area contributed by atoms with Gasteiger partial charge in [0.1, 0.15) is 0 Å². The monoisotopic (exact) mass is 347 g/mol. The molecule has 0 radical (unpaired) electrons. The van der Waals surface area contributed by atoms with Gasteiger partial charge in [0.05, 0.1) is 17.1 Å². The summed E-state index contributed by atoms with van der Waals surface area (Å²) in [6.07, 6.45) is 1.72. The van der Waals surface area contributed by atoms with Crippen LogP contribution in [0.5, 0.6) is 0 Å². The maximum atomic E-state index is 12.7. The second kappa shape index (κ2) is 6.88. The van der Waals surface area contributed by atoms with Gasteiger partial charge in [-0.2, -0.15) is 4.31 Å². The van der Waals surface area contributed by atoms with Gasteiger partial charge in [0.15, 0.2) is 5.78 Å². The lowest BCUT2D eigenvalue weighted by Crippen LogP contribution is -2.49.